The van der Waals surface area contributed by atoms with E-state index in [4.69, 9.17) is 11.6 Å². The predicted octanol–water partition coefficient (Wildman–Crippen LogP) is 2.91. The number of aromatic amines is 1. The summed E-state index contributed by atoms with van der Waals surface area (Å²) >= 11 is 6.02. The minimum atomic E-state index is -0.872. The average molecular weight is 400 g/mol. The predicted molar refractivity (Wildman–Crippen MR) is 106 cm³/mol. The monoisotopic (exact) mass is 399 g/mol. The molecule has 1 heterocycles. The van der Waals surface area contributed by atoms with Gasteiger partial charge < -0.3 is 20.4 Å². The first kappa shape index (κ1) is 19.4. The van der Waals surface area contributed by atoms with E-state index < -0.39 is 17.8 Å². The van der Waals surface area contributed by atoms with Gasteiger partial charge in [0.2, 0.25) is 0 Å². The maximum atomic E-state index is 12.1. The van der Waals surface area contributed by atoms with Crippen LogP contribution in [0.1, 0.15) is 15.9 Å². The van der Waals surface area contributed by atoms with Crippen molar-refractivity contribution in [1.29, 1.82) is 0 Å². The first-order valence-electron chi connectivity index (χ1n) is 8.51. The van der Waals surface area contributed by atoms with E-state index in [9.17, 15) is 14.4 Å². The van der Waals surface area contributed by atoms with E-state index in [-0.39, 0.29) is 16.3 Å². The highest BCUT2D eigenvalue weighted by molar-refractivity contribution is 6.41. The molecule has 0 bridgehead atoms. The van der Waals surface area contributed by atoms with E-state index >= 15 is 0 Å². The van der Waals surface area contributed by atoms with Crippen molar-refractivity contribution < 1.29 is 19.1 Å². The van der Waals surface area contributed by atoms with Crippen LogP contribution in [0.3, 0.4) is 0 Å². The second-order valence-electron chi connectivity index (χ2n) is 6.01. The first-order chi connectivity index (χ1) is 13.5. The van der Waals surface area contributed by atoms with Gasteiger partial charge in [0.25, 0.3) is 0 Å². The molecular weight excluding hydrogens is 382 g/mol. The molecule has 3 N–H and O–H groups in total. The van der Waals surface area contributed by atoms with Crippen molar-refractivity contribution >= 4 is 46.0 Å². The minimum Gasteiger partial charge on any atom is -0.465 e. The zero-order valence-electron chi connectivity index (χ0n) is 15.0. The van der Waals surface area contributed by atoms with E-state index in [1.54, 1.807) is 0 Å². The number of nitrogens with one attached hydrogen (secondary N) is 3. The summed E-state index contributed by atoms with van der Waals surface area (Å²) in [5.74, 6) is -2.24. The number of anilines is 1. The van der Waals surface area contributed by atoms with Crippen LogP contribution in [0, 0.1) is 0 Å². The number of amides is 2. The highest BCUT2D eigenvalue weighted by Gasteiger charge is 2.16. The van der Waals surface area contributed by atoms with Gasteiger partial charge in [-0.2, -0.15) is 0 Å². The number of benzene rings is 2. The van der Waals surface area contributed by atoms with Crippen molar-refractivity contribution in [2.75, 3.05) is 19.0 Å². The van der Waals surface area contributed by atoms with Crippen LogP contribution in [0.4, 0.5) is 5.69 Å². The van der Waals surface area contributed by atoms with Crippen LogP contribution < -0.4 is 10.6 Å². The molecule has 0 radical (unpaired) electrons. The van der Waals surface area contributed by atoms with Crippen molar-refractivity contribution in [3.05, 3.63) is 64.8 Å². The lowest BCUT2D eigenvalue weighted by Gasteiger charge is -2.09. The molecule has 0 fully saturated rings. The summed E-state index contributed by atoms with van der Waals surface area (Å²) in [6.07, 6.45) is 2.45. The van der Waals surface area contributed by atoms with Crippen LogP contribution in [0.2, 0.25) is 5.02 Å². The SMILES string of the molecule is COC(=O)c1ccc(Cl)c(NC(=O)C(=O)NCCc2c[nH]c3ccccc23)c1. The minimum absolute atomic E-state index is 0.154. The number of H-pyrrole nitrogens is 1. The fourth-order valence-electron chi connectivity index (χ4n) is 2.77. The summed E-state index contributed by atoms with van der Waals surface area (Å²) in [5, 5.41) is 6.26. The van der Waals surface area contributed by atoms with Crippen molar-refractivity contribution in [2.45, 2.75) is 6.42 Å². The van der Waals surface area contributed by atoms with Crippen LogP contribution in [0.15, 0.2) is 48.7 Å². The molecular formula is C20H18ClN3O4. The molecule has 2 amide bonds. The zero-order valence-corrected chi connectivity index (χ0v) is 15.8. The number of carbonyl (C=O) groups is 3. The van der Waals surface area contributed by atoms with E-state index in [2.05, 4.69) is 20.4 Å². The van der Waals surface area contributed by atoms with Crippen molar-refractivity contribution in [2.24, 2.45) is 0 Å². The van der Waals surface area contributed by atoms with Gasteiger partial charge in [-0.25, -0.2) is 4.79 Å². The highest BCUT2D eigenvalue weighted by atomic mass is 35.5. The Morgan fingerprint density at radius 1 is 1.11 bits per heavy atom. The maximum absolute atomic E-state index is 12.1. The Labute approximate surface area is 166 Å². The zero-order chi connectivity index (χ0) is 20.1. The van der Waals surface area contributed by atoms with E-state index in [1.807, 2.05) is 30.5 Å². The molecule has 7 nitrogen and oxygen atoms in total. The maximum Gasteiger partial charge on any atom is 0.337 e. The lowest BCUT2D eigenvalue weighted by atomic mass is 10.1. The third-order valence-electron chi connectivity index (χ3n) is 4.20. The third-order valence-corrected chi connectivity index (χ3v) is 4.53. The van der Waals surface area contributed by atoms with Crippen molar-refractivity contribution in [3.63, 3.8) is 0 Å². The van der Waals surface area contributed by atoms with Crippen LogP contribution >= 0.6 is 11.6 Å². The summed E-state index contributed by atoms with van der Waals surface area (Å²) in [4.78, 5) is 38.9. The van der Waals surface area contributed by atoms with Crippen LogP contribution in [0.25, 0.3) is 10.9 Å². The molecule has 3 aromatic rings. The molecule has 1 aromatic heterocycles. The Morgan fingerprint density at radius 3 is 2.68 bits per heavy atom. The summed E-state index contributed by atoms with van der Waals surface area (Å²) < 4.78 is 4.63. The first-order valence-corrected chi connectivity index (χ1v) is 8.89. The van der Waals surface area contributed by atoms with Gasteiger partial charge in [-0.1, -0.05) is 29.8 Å². The number of esters is 1. The second kappa shape index (κ2) is 8.58. The van der Waals surface area contributed by atoms with Crippen molar-refractivity contribution in [1.82, 2.24) is 10.3 Å². The van der Waals surface area contributed by atoms with E-state index in [0.29, 0.717) is 13.0 Å². The quantitative estimate of drug-likeness (QED) is 0.453. The molecule has 28 heavy (non-hydrogen) atoms. The number of hydrogen-bond donors (Lipinski definition) is 3. The van der Waals surface area contributed by atoms with Gasteiger partial charge in [0, 0.05) is 23.6 Å². The fraction of sp³-hybridized carbons (Fsp3) is 0.150. The van der Waals surface area contributed by atoms with Crippen molar-refractivity contribution in [3.8, 4) is 0 Å². The number of para-hydroxylation sites is 1. The Hall–Kier alpha value is -3.32. The normalized spacial score (nSPS) is 10.5. The Balaban J connectivity index is 1.58. The number of methoxy groups -OCH3 is 1. The van der Waals surface area contributed by atoms with Gasteiger partial charge in [0.1, 0.15) is 0 Å². The Kier molecular flexibility index (Phi) is 5.96. The fourth-order valence-corrected chi connectivity index (χ4v) is 2.94. The number of carbonyl (C=O) groups excluding carboxylic acids is 3. The van der Waals surface area contributed by atoms with Crippen LogP contribution in [-0.2, 0) is 20.7 Å². The van der Waals surface area contributed by atoms with Gasteiger partial charge in [-0.05, 0) is 36.2 Å². The number of aromatic nitrogens is 1. The molecule has 0 atom stereocenters. The average Bonchev–Trinajstić information content (AvgIpc) is 3.12. The van der Waals surface area contributed by atoms with Gasteiger partial charge >= 0.3 is 17.8 Å². The summed E-state index contributed by atoms with van der Waals surface area (Å²) in [7, 11) is 1.25. The van der Waals surface area contributed by atoms with Gasteiger partial charge in [-0.15, -0.1) is 0 Å². The molecule has 0 spiro atoms. The molecule has 0 aliphatic rings. The van der Waals surface area contributed by atoms with Gasteiger partial charge in [-0.3, -0.25) is 9.59 Å². The summed E-state index contributed by atoms with van der Waals surface area (Å²) in [6.45, 7) is 0.296. The third kappa shape index (κ3) is 4.32. The number of halogens is 1. The second-order valence-corrected chi connectivity index (χ2v) is 6.41. The summed E-state index contributed by atoms with van der Waals surface area (Å²) in [5.41, 5.74) is 2.43. The largest absolute Gasteiger partial charge is 0.465 e. The molecule has 0 saturated heterocycles. The number of fused-ring (bicyclic) bond motifs is 1. The molecule has 144 valence electrons. The highest BCUT2D eigenvalue weighted by Crippen LogP contribution is 2.23. The molecule has 8 heteroatoms. The van der Waals surface area contributed by atoms with E-state index in [0.717, 1.165) is 16.5 Å². The molecule has 0 aliphatic heterocycles. The lowest BCUT2D eigenvalue weighted by molar-refractivity contribution is -0.136. The molecule has 0 aliphatic carbocycles. The van der Waals surface area contributed by atoms with E-state index in [1.165, 1.54) is 25.3 Å². The molecule has 0 saturated carbocycles. The Morgan fingerprint density at radius 2 is 1.89 bits per heavy atom. The van der Waals surface area contributed by atoms with Crippen LogP contribution in [-0.4, -0.2) is 36.4 Å². The number of hydrogen-bond acceptors (Lipinski definition) is 4. The summed E-state index contributed by atoms with van der Waals surface area (Å²) in [6, 6.07) is 12.1. The van der Waals surface area contributed by atoms with Gasteiger partial charge in [0.05, 0.1) is 23.4 Å². The molecule has 2 aromatic carbocycles. The number of rotatable bonds is 5. The van der Waals surface area contributed by atoms with Gasteiger partial charge in [0.15, 0.2) is 0 Å². The molecule has 0 unspecified atom stereocenters. The number of ether oxygens (including phenoxy) is 1. The van der Waals surface area contributed by atoms with Crippen LogP contribution in [0.5, 0.6) is 0 Å². The standard InChI is InChI=1S/C20H18ClN3O4/c1-28-20(27)12-6-7-15(21)17(10-12)24-19(26)18(25)22-9-8-13-11-23-16-5-3-2-4-14(13)16/h2-7,10-11,23H,8-9H2,1H3,(H,22,25)(H,24,26). The molecule has 3 rings (SSSR count). The smallest absolute Gasteiger partial charge is 0.337 e. The lowest BCUT2D eigenvalue weighted by Crippen LogP contribution is -2.36. The Bertz CT molecular complexity index is 1040. The topological polar surface area (TPSA) is 100 Å².